The Labute approximate surface area is 178 Å². The number of likely N-dealkylation sites (tertiary alicyclic amines) is 1. The molecule has 1 unspecified atom stereocenters. The van der Waals surface area contributed by atoms with Gasteiger partial charge in [-0.05, 0) is 56.2 Å². The highest BCUT2D eigenvalue weighted by atomic mass is 16.5. The van der Waals surface area contributed by atoms with E-state index in [1.165, 1.54) is 12.8 Å². The van der Waals surface area contributed by atoms with Crippen molar-refractivity contribution in [1.82, 2.24) is 10.2 Å². The Kier molecular flexibility index (Phi) is 6.02. The standard InChI is InChI=1S/C24H32N2O4/c1-29-19-10-9-17(16-20(19)30-2)12-15-25-23(28)24-13-5-8-21(24)26(22(27)11-14-24)18-6-3-4-7-18/h8-10,16,18H,3-7,11-15H2,1-2H3,(H,25,28). The fourth-order valence-electron chi connectivity index (χ4n) is 5.37. The molecule has 1 aliphatic heterocycles. The SMILES string of the molecule is COc1ccc(CCNC(=O)C23CCC=C2N(C2CCCC2)C(=O)CC3)cc1OC. The van der Waals surface area contributed by atoms with Crippen molar-refractivity contribution < 1.29 is 19.1 Å². The molecule has 2 aliphatic carbocycles. The number of hydrogen-bond acceptors (Lipinski definition) is 4. The third-order valence-electron chi connectivity index (χ3n) is 6.96. The lowest BCUT2D eigenvalue weighted by molar-refractivity contribution is -0.141. The summed E-state index contributed by atoms with van der Waals surface area (Å²) in [6.45, 7) is 0.556. The summed E-state index contributed by atoms with van der Waals surface area (Å²) in [4.78, 5) is 28.1. The van der Waals surface area contributed by atoms with Gasteiger partial charge in [-0.2, -0.15) is 0 Å². The van der Waals surface area contributed by atoms with E-state index in [1.54, 1.807) is 14.2 Å². The number of nitrogens with zero attached hydrogens (tertiary/aromatic N) is 1. The van der Waals surface area contributed by atoms with Gasteiger partial charge in [-0.25, -0.2) is 0 Å². The van der Waals surface area contributed by atoms with Crippen LogP contribution in [0.1, 0.15) is 56.9 Å². The normalized spacial score (nSPS) is 23.9. The number of benzene rings is 1. The van der Waals surface area contributed by atoms with Gasteiger partial charge in [-0.3, -0.25) is 9.59 Å². The summed E-state index contributed by atoms with van der Waals surface area (Å²) >= 11 is 0. The molecule has 1 atom stereocenters. The molecule has 6 heteroatoms. The molecule has 30 heavy (non-hydrogen) atoms. The molecule has 1 saturated heterocycles. The van der Waals surface area contributed by atoms with Crippen LogP contribution in [0.5, 0.6) is 11.5 Å². The number of rotatable bonds is 7. The predicted molar refractivity (Wildman–Crippen MR) is 114 cm³/mol. The summed E-state index contributed by atoms with van der Waals surface area (Å²) in [5.74, 6) is 1.66. The first-order valence-electron chi connectivity index (χ1n) is 11.1. The van der Waals surface area contributed by atoms with Crippen molar-refractivity contribution in [2.75, 3.05) is 20.8 Å². The van der Waals surface area contributed by atoms with E-state index < -0.39 is 5.41 Å². The zero-order valence-corrected chi connectivity index (χ0v) is 18.0. The average molecular weight is 413 g/mol. The molecule has 1 N–H and O–H groups in total. The average Bonchev–Trinajstić information content (AvgIpc) is 3.44. The van der Waals surface area contributed by atoms with Crippen molar-refractivity contribution in [1.29, 1.82) is 0 Å². The Morgan fingerprint density at radius 2 is 1.93 bits per heavy atom. The van der Waals surface area contributed by atoms with Crippen molar-refractivity contribution in [3.63, 3.8) is 0 Å². The van der Waals surface area contributed by atoms with Gasteiger partial charge in [0.2, 0.25) is 11.8 Å². The van der Waals surface area contributed by atoms with Crippen molar-refractivity contribution in [2.45, 2.75) is 63.8 Å². The minimum absolute atomic E-state index is 0.0715. The van der Waals surface area contributed by atoms with Crippen LogP contribution in [0.4, 0.5) is 0 Å². The summed E-state index contributed by atoms with van der Waals surface area (Å²) in [6.07, 6.45) is 10.1. The van der Waals surface area contributed by atoms with Gasteiger partial charge in [-0.15, -0.1) is 0 Å². The van der Waals surface area contributed by atoms with Crippen LogP contribution in [-0.2, 0) is 16.0 Å². The first-order chi connectivity index (χ1) is 14.6. The Morgan fingerprint density at radius 3 is 2.67 bits per heavy atom. The highest BCUT2D eigenvalue weighted by molar-refractivity contribution is 5.91. The number of ether oxygens (including phenoxy) is 2. The minimum atomic E-state index is -0.534. The maximum absolute atomic E-state index is 13.3. The van der Waals surface area contributed by atoms with Gasteiger partial charge < -0.3 is 19.7 Å². The smallest absolute Gasteiger partial charge is 0.232 e. The molecule has 0 aromatic heterocycles. The molecule has 1 heterocycles. The second kappa shape index (κ2) is 8.70. The summed E-state index contributed by atoms with van der Waals surface area (Å²) in [5, 5.41) is 3.17. The van der Waals surface area contributed by atoms with Gasteiger partial charge in [0, 0.05) is 24.7 Å². The maximum Gasteiger partial charge on any atom is 0.232 e. The highest BCUT2D eigenvalue weighted by Gasteiger charge is 2.52. The molecule has 1 saturated carbocycles. The molecule has 0 spiro atoms. The fourth-order valence-corrected chi connectivity index (χ4v) is 5.37. The third-order valence-corrected chi connectivity index (χ3v) is 6.96. The number of carbonyl (C=O) groups is 2. The Morgan fingerprint density at radius 1 is 1.17 bits per heavy atom. The van der Waals surface area contributed by atoms with Crippen LogP contribution in [0, 0.1) is 5.41 Å². The topological polar surface area (TPSA) is 67.9 Å². The van der Waals surface area contributed by atoms with E-state index >= 15 is 0 Å². The summed E-state index contributed by atoms with van der Waals surface area (Å²) in [5.41, 5.74) is 1.53. The van der Waals surface area contributed by atoms with Crippen LogP contribution < -0.4 is 14.8 Å². The number of carbonyl (C=O) groups excluding carboxylic acids is 2. The molecule has 2 fully saturated rings. The molecule has 0 radical (unpaired) electrons. The Hall–Kier alpha value is -2.50. The van der Waals surface area contributed by atoms with Gasteiger partial charge in [0.15, 0.2) is 11.5 Å². The van der Waals surface area contributed by atoms with Gasteiger partial charge in [0.1, 0.15) is 0 Å². The van der Waals surface area contributed by atoms with Crippen molar-refractivity contribution in [3.8, 4) is 11.5 Å². The second-order valence-corrected chi connectivity index (χ2v) is 8.61. The molecular formula is C24H32N2O4. The van der Waals surface area contributed by atoms with E-state index in [0.717, 1.165) is 36.9 Å². The van der Waals surface area contributed by atoms with Gasteiger partial charge in [-0.1, -0.05) is 25.0 Å². The zero-order valence-electron chi connectivity index (χ0n) is 18.0. The summed E-state index contributed by atoms with van der Waals surface area (Å²) in [7, 11) is 3.24. The van der Waals surface area contributed by atoms with E-state index in [-0.39, 0.29) is 17.9 Å². The number of allylic oxidation sites excluding steroid dienone is 1. The highest BCUT2D eigenvalue weighted by Crippen LogP contribution is 2.50. The summed E-state index contributed by atoms with van der Waals surface area (Å²) < 4.78 is 10.7. The third kappa shape index (κ3) is 3.68. The molecule has 6 nitrogen and oxygen atoms in total. The largest absolute Gasteiger partial charge is 0.493 e. The quantitative estimate of drug-likeness (QED) is 0.743. The minimum Gasteiger partial charge on any atom is -0.493 e. The fraction of sp³-hybridized carbons (Fsp3) is 0.583. The van der Waals surface area contributed by atoms with Gasteiger partial charge >= 0.3 is 0 Å². The first-order valence-corrected chi connectivity index (χ1v) is 11.1. The zero-order chi connectivity index (χ0) is 21.1. The van der Waals surface area contributed by atoms with Crippen LogP contribution >= 0.6 is 0 Å². The van der Waals surface area contributed by atoms with E-state index in [4.69, 9.17) is 9.47 Å². The lowest BCUT2D eigenvalue weighted by atomic mass is 9.75. The van der Waals surface area contributed by atoms with Crippen molar-refractivity contribution >= 4 is 11.8 Å². The number of nitrogens with one attached hydrogen (secondary N) is 1. The first kappa shape index (κ1) is 20.8. The molecule has 3 aliphatic rings. The molecule has 162 valence electrons. The molecule has 0 bridgehead atoms. The van der Waals surface area contributed by atoms with E-state index in [9.17, 15) is 9.59 Å². The Bertz CT molecular complexity index is 844. The lowest BCUT2D eigenvalue weighted by Crippen LogP contribution is -2.53. The molecule has 4 rings (SSSR count). The van der Waals surface area contributed by atoms with E-state index in [1.807, 2.05) is 23.1 Å². The molecule has 1 aromatic rings. The monoisotopic (exact) mass is 412 g/mol. The molecule has 2 amide bonds. The second-order valence-electron chi connectivity index (χ2n) is 8.61. The number of hydrogen-bond donors (Lipinski definition) is 1. The van der Waals surface area contributed by atoms with Crippen LogP contribution in [0.2, 0.25) is 0 Å². The van der Waals surface area contributed by atoms with Crippen LogP contribution in [0.15, 0.2) is 30.0 Å². The van der Waals surface area contributed by atoms with Crippen molar-refractivity contribution in [3.05, 3.63) is 35.5 Å². The van der Waals surface area contributed by atoms with Crippen LogP contribution in [-0.4, -0.2) is 43.5 Å². The number of methoxy groups -OCH3 is 2. The number of amides is 2. The Balaban J connectivity index is 1.42. The predicted octanol–water partition coefficient (Wildman–Crippen LogP) is 3.59. The van der Waals surface area contributed by atoms with Gasteiger partial charge in [0.25, 0.3) is 0 Å². The van der Waals surface area contributed by atoms with Crippen LogP contribution in [0.3, 0.4) is 0 Å². The lowest BCUT2D eigenvalue weighted by Gasteiger charge is -2.44. The molecule has 1 aromatic carbocycles. The molecular weight excluding hydrogens is 380 g/mol. The maximum atomic E-state index is 13.3. The van der Waals surface area contributed by atoms with E-state index in [0.29, 0.717) is 37.3 Å². The number of piperidine rings is 1. The van der Waals surface area contributed by atoms with Gasteiger partial charge in [0.05, 0.1) is 19.6 Å². The van der Waals surface area contributed by atoms with E-state index in [2.05, 4.69) is 11.4 Å². The van der Waals surface area contributed by atoms with Crippen LogP contribution in [0.25, 0.3) is 0 Å². The van der Waals surface area contributed by atoms with Crippen molar-refractivity contribution in [2.24, 2.45) is 5.41 Å². The number of fused-ring (bicyclic) bond motifs is 1. The summed E-state index contributed by atoms with van der Waals surface area (Å²) in [6, 6.07) is 6.11.